The molecule has 0 rings (SSSR count). The van der Waals surface area contributed by atoms with Gasteiger partial charge in [-0.1, -0.05) is 78.1 Å². The highest BCUT2D eigenvalue weighted by Gasteiger charge is 2.30. The molecule has 0 radical (unpaired) electrons. The van der Waals surface area contributed by atoms with E-state index >= 15 is 0 Å². The van der Waals surface area contributed by atoms with Crippen molar-refractivity contribution in [2.75, 3.05) is 14.2 Å². The number of ether oxygens (including phenoxy) is 1. The summed E-state index contributed by atoms with van der Waals surface area (Å²) in [5.41, 5.74) is -0.0198. The van der Waals surface area contributed by atoms with E-state index in [1.165, 1.54) is 70.6 Å². The third kappa shape index (κ3) is 9.52. The van der Waals surface area contributed by atoms with Crippen LogP contribution in [0.5, 0.6) is 0 Å². The predicted molar refractivity (Wildman–Crippen MR) is 95.0 cm³/mol. The number of unbranched alkanes of at least 4 members (excludes halogenated alkanes) is 9. The smallest absolute Gasteiger partial charge is 0.0800 e. The van der Waals surface area contributed by atoms with Crippen LogP contribution in [0, 0.1) is 0 Å². The summed E-state index contributed by atoms with van der Waals surface area (Å²) in [4.78, 5) is 0. The number of methoxy groups -OCH3 is 1. The molecule has 2 nitrogen and oxygen atoms in total. The summed E-state index contributed by atoms with van der Waals surface area (Å²) in [7, 11) is 3.90. The van der Waals surface area contributed by atoms with Crippen LogP contribution in [0.4, 0.5) is 0 Å². The van der Waals surface area contributed by atoms with Crippen LogP contribution < -0.4 is 5.32 Å². The van der Waals surface area contributed by atoms with Crippen molar-refractivity contribution >= 4 is 0 Å². The molecular formula is C19H41NO. The van der Waals surface area contributed by atoms with Crippen LogP contribution in [-0.2, 0) is 4.74 Å². The zero-order chi connectivity index (χ0) is 16.0. The first-order chi connectivity index (χ1) is 10.1. The van der Waals surface area contributed by atoms with E-state index in [0.29, 0.717) is 6.04 Å². The normalized spacial score (nSPS) is 15.9. The fourth-order valence-electron chi connectivity index (χ4n) is 3.12. The monoisotopic (exact) mass is 299 g/mol. The van der Waals surface area contributed by atoms with Crippen molar-refractivity contribution in [3.05, 3.63) is 0 Å². The number of likely N-dealkylation sites (N-methyl/N-ethyl adjacent to an activating group) is 1. The maximum atomic E-state index is 5.72. The Morgan fingerprint density at radius 2 is 1.33 bits per heavy atom. The lowest BCUT2D eigenvalue weighted by atomic mass is 9.89. The van der Waals surface area contributed by atoms with Crippen molar-refractivity contribution in [2.24, 2.45) is 0 Å². The van der Waals surface area contributed by atoms with E-state index in [2.05, 4.69) is 33.1 Å². The van der Waals surface area contributed by atoms with Crippen LogP contribution in [0.2, 0.25) is 0 Å². The SMILES string of the molecule is CCCCCCCCCCCCC(NC)C(C)(CC)OC. The Morgan fingerprint density at radius 1 is 0.857 bits per heavy atom. The van der Waals surface area contributed by atoms with Gasteiger partial charge >= 0.3 is 0 Å². The summed E-state index contributed by atoms with van der Waals surface area (Å²) in [6.07, 6.45) is 16.3. The van der Waals surface area contributed by atoms with Gasteiger partial charge in [-0.15, -0.1) is 0 Å². The summed E-state index contributed by atoms with van der Waals surface area (Å²) in [5.74, 6) is 0. The van der Waals surface area contributed by atoms with Crippen molar-refractivity contribution < 1.29 is 4.74 Å². The lowest BCUT2D eigenvalue weighted by molar-refractivity contribution is -0.0297. The fourth-order valence-corrected chi connectivity index (χ4v) is 3.12. The second-order valence-corrected chi connectivity index (χ2v) is 6.68. The molecule has 128 valence electrons. The van der Waals surface area contributed by atoms with Crippen LogP contribution in [0.15, 0.2) is 0 Å². The van der Waals surface area contributed by atoms with Gasteiger partial charge in [-0.2, -0.15) is 0 Å². The number of rotatable bonds is 15. The van der Waals surface area contributed by atoms with E-state index in [1.54, 1.807) is 0 Å². The van der Waals surface area contributed by atoms with Gasteiger partial charge < -0.3 is 10.1 Å². The molecule has 2 unspecified atom stereocenters. The zero-order valence-electron chi connectivity index (χ0n) is 15.5. The minimum absolute atomic E-state index is 0.0198. The van der Waals surface area contributed by atoms with E-state index in [1.807, 2.05) is 7.11 Å². The molecule has 2 atom stereocenters. The second kappa shape index (κ2) is 13.6. The standard InChI is InChI=1S/C19H41NO/c1-6-8-9-10-11-12-13-14-15-16-17-18(20-4)19(3,7-2)21-5/h18,20H,6-17H2,1-5H3. The molecule has 0 amide bonds. The van der Waals surface area contributed by atoms with Gasteiger partial charge in [-0.05, 0) is 26.8 Å². The lowest BCUT2D eigenvalue weighted by Gasteiger charge is -2.35. The number of hydrogen-bond acceptors (Lipinski definition) is 2. The molecule has 2 heteroatoms. The molecule has 0 heterocycles. The largest absolute Gasteiger partial charge is 0.377 e. The van der Waals surface area contributed by atoms with Crippen molar-refractivity contribution in [2.45, 2.75) is 109 Å². The van der Waals surface area contributed by atoms with Crippen molar-refractivity contribution in [1.29, 1.82) is 0 Å². The molecule has 0 aromatic rings. The van der Waals surface area contributed by atoms with Gasteiger partial charge in [0, 0.05) is 13.2 Å². The van der Waals surface area contributed by atoms with E-state index < -0.39 is 0 Å². The quantitative estimate of drug-likeness (QED) is 0.392. The minimum Gasteiger partial charge on any atom is -0.377 e. The number of nitrogens with one attached hydrogen (secondary N) is 1. The average Bonchev–Trinajstić information content (AvgIpc) is 2.52. The molecule has 0 fully saturated rings. The highest BCUT2D eigenvalue weighted by molar-refractivity contribution is 4.87. The predicted octanol–water partition coefficient (Wildman–Crippen LogP) is 5.70. The Labute approximate surface area is 134 Å². The molecule has 0 aliphatic rings. The first-order valence-corrected chi connectivity index (χ1v) is 9.37. The summed E-state index contributed by atoms with van der Waals surface area (Å²) < 4.78 is 5.72. The Hall–Kier alpha value is -0.0800. The summed E-state index contributed by atoms with van der Waals surface area (Å²) >= 11 is 0. The third-order valence-corrected chi connectivity index (χ3v) is 5.10. The maximum Gasteiger partial charge on any atom is 0.0800 e. The van der Waals surface area contributed by atoms with Crippen molar-refractivity contribution in [3.63, 3.8) is 0 Å². The van der Waals surface area contributed by atoms with Gasteiger partial charge in [-0.3, -0.25) is 0 Å². The molecule has 0 spiro atoms. The molecule has 0 aromatic carbocycles. The van der Waals surface area contributed by atoms with Crippen LogP contribution in [0.1, 0.15) is 97.8 Å². The molecular weight excluding hydrogens is 258 g/mol. The minimum atomic E-state index is -0.0198. The molecule has 21 heavy (non-hydrogen) atoms. The van der Waals surface area contributed by atoms with E-state index in [9.17, 15) is 0 Å². The molecule has 0 aliphatic carbocycles. The van der Waals surface area contributed by atoms with Gasteiger partial charge in [0.25, 0.3) is 0 Å². The zero-order valence-corrected chi connectivity index (χ0v) is 15.5. The summed E-state index contributed by atoms with van der Waals surface area (Å²) in [5, 5.41) is 3.45. The molecule has 1 N–H and O–H groups in total. The first-order valence-electron chi connectivity index (χ1n) is 9.37. The molecule has 0 saturated heterocycles. The average molecular weight is 300 g/mol. The van der Waals surface area contributed by atoms with E-state index in [0.717, 1.165) is 6.42 Å². The molecule has 0 saturated carbocycles. The Balaban J connectivity index is 3.56. The second-order valence-electron chi connectivity index (χ2n) is 6.68. The van der Waals surface area contributed by atoms with Crippen LogP contribution >= 0.6 is 0 Å². The highest BCUT2D eigenvalue weighted by atomic mass is 16.5. The Kier molecular flexibility index (Phi) is 13.5. The molecule has 0 bridgehead atoms. The van der Waals surface area contributed by atoms with Gasteiger partial charge in [0.2, 0.25) is 0 Å². The van der Waals surface area contributed by atoms with Gasteiger partial charge in [0.15, 0.2) is 0 Å². The molecule has 0 aromatic heterocycles. The number of hydrogen-bond donors (Lipinski definition) is 1. The first kappa shape index (κ1) is 20.9. The van der Waals surface area contributed by atoms with Crippen molar-refractivity contribution in [1.82, 2.24) is 5.32 Å². The third-order valence-electron chi connectivity index (χ3n) is 5.10. The Morgan fingerprint density at radius 3 is 1.71 bits per heavy atom. The van der Waals surface area contributed by atoms with Crippen LogP contribution in [-0.4, -0.2) is 25.8 Å². The van der Waals surface area contributed by atoms with Crippen LogP contribution in [0.25, 0.3) is 0 Å². The topological polar surface area (TPSA) is 21.3 Å². The van der Waals surface area contributed by atoms with E-state index in [-0.39, 0.29) is 5.60 Å². The Bertz CT molecular complexity index is 214. The van der Waals surface area contributed by atoms with Crippen molar-refractivity contribution in [3.8, 4) is 0 Å². The lowest BCUT2D eigenvalue weighted by Crippen LogP contribution is -2.48. The van der Waals surface area contributed by atoms with Gasteiger partial charge in [0.05, 0.1) is 5.60 Å². The molecule has 0 aliphatic heterocycles. The highest BCUT2D eigenvalue weighted by Crippen LogP contribution is 2.23. The van der Waals surface area contributed by atoms with Crippen LogP contribution in [0.3, 0.4) is 0 Å². The summed E-state index contributed by atoms with van der Waals surface area (Å²) in [6, 6.07) is 0.474. The summed E-state index contributed by atoms with van der Waals surface area (Å²) in [6.45, 7) is 6.72. The van der Waals surface area contributed by atoms with Gasteiger partial charge in [-0.25, -0.2) is 0 Å². The maximum absolute atomic E-state index is 5.72. The fraction of sp³-hybridized carbons (Fsp3) is 1.00. The van der Waals surface area contributed by atoms with E-state index in [4.69, 9.17) is 4.74 Å². The van der Waals surface area contributed by atoms with Gasteiger partial charge in [0.1, 0.15) is 0 Å².